The average molecular weight is 536 g/mol. The average Bonchev–Trinajstić information content (AvgIpc) is 2.65. The Hall–Kier alpha value is 0.390. The van der Waals surface area contributed by atoms with E-state index in [9.17, 15) is 38.9 Å². The van der Waals surface area contributed by atoms with E-state index in [1.165, 1.54) is 12.1 Å². The first-order valence-corrected chi connectivity index (χ1v) is 12.2. The minimum absolute atomic E-state index is 0. The summed E-state index contributed by atoms with van der Waals surface area (Å²) in [5.41, 5.74) is 0.452. The van der Waals surface area contributed by atoms with Gasteiger partial charge >= 0.3 is 88.7 Å². The van der Waals surface area contributed by atoms with Gasteiger partial charge in [0.25, 0.3) is 0 Å². The SMILES string of the molecule is O=S(=O)([O-])c1ccc(-c2ccccc2-c2ccccc2)c(S(=O)(=O)[O-])c1S(=O)(=O)[O-].[Na+].[Na+].[Na+]. The molecule has 3 rings (SSSR count). The largest absolute Gasteiger partial charge is 1.00 e. The fourth-order valence-corrected chi connectivity index (χ4v) is 6.31. The van der Waals surface area contributed by atoms with Crippen molar-refractivity contribution in [1.82, 2.24) is 0 Å². The quantitative estimate of drug-likeness (QED) is 0.227. The Kier molecular flexibility index (Phi) is 12.7. The van der Waals surface area contributed by atoms with Crippen LogP contribution in [-0.4, -0.2) is 38.9 Å². The van der Waals surface area contributed by atoms with Crippen molar-refractivity contribution < 1.29 is 128 Å². The summed E-state index contributed by atoms with van der Waals surface area (Å²) in [4.78, 5) is -5.07. The zero-order chi connectivity index (χ0) is 22.3. The summed E-state index contributed by atoms with van der Waals surface area (Å²) in [6.07, 6.45) is 0. The van der Waals surface area contributed by atoms with Crippen LogP contribution in [0.1, 0.15) is 0 Å². The molecule has 0 fully saturated rings. The Morgan fingerprint density at radius 1 is 0.455 bits per heavy atom. The summed E-state index contributed by atoms with van der Waals surface area (Å²) >= 11 is 0. The minimum Gasteiger partial charge on any atom is -0.744 e. The van der Waals surface area contributed by atoms with Gasteiger partial charge in [0.05, 0.1) is 14.7 Å². The molecule has 33 heavy (non-hydrogen) atoms. The van der Waals surface area contributed by atoms with Crippen molar-refractivity contribution in [2.75, 3.05) is 0 Å². The third-order valence-corrected chi connectivity index (χ3v) is 7.13. The van der Waals surface area contributed by atoms with Crippen LogP contribution in [0.5, 0.6) is 0 Å². The van der Waals surface area contributed by atoms with Gasteiger partial charge in [-0.05, 0) is 22.8 Å². The first kappa shape index (κ1) is 33.4. The van der Waals surface area contributed by atoms with Crippen LogP contribution in [-0.2, 0) is 30.4 Å². The molecule has 0 saturated carbocycles. The second-order valence-electron chi connectivity index (χ2n) is 6.04. The van der Waals surface area contributed by atoms with E-state index in [2.05, 4.69) is 0 Å². The van der Waals surface area contributed by atoms with E-state index in [1.807, 2.05) is 0 Å². The van der Waals surface area contributed by atoms with Crippen LogP contribution in [0.15, 0.2) is 81.4 Å². The molecular weight excluding hydrogens is 525 g/mol. The summed E-state index contributed by atoms with van der Waals surface area (Å²) in [6, 6.07) is 15.7. The maximum absolute atomic E-state index is 12.0. The fourth-order valence-electron chi connectivity index (χ4n) is 3.03. The summed E-state index contributed by atoms with van der Waals surface area (Å²) in [6.45, 7) is 0. The molecule has 15 heteroatoms. The molecule has 0 saturated heterocycles. The zero-order valence-corrected chi connectivity index (χ0v) is 26.2. The van der Waals surface area contributed by atoms with Crippen LogP contribution in [0.4, 0.5) is 0 Å². The van der Waals surface area contributed by atoms with E-state index in [0.29, 0.717) is 17.2 Å². The van der Waals surface area contributed by atoms with E-state index in [0.717, 1.165) is 6.07 Å². The van der Waals surface area contributed by atoms with E-state index >= 15 is 0 Å². The Morgan fingerprint density at radius 3 is 1.36 bits per heavy atom. The molecule has 0 spiro atoms. The van der Waals surface area contributed by atoms with Gasteiger partial charge in [0.2, 0.25) is 0 Å². The first-order valence-electron chi connectivity index (χ1n) is 8.01. The van der Waals surface area contributed by atoms with Crippen LogP contribution in [0.3, 0.4) is 0 Å². The summed E-state index contributed by atoms with van der Waals surface area (Å²) < 4.78 is 106. The number of hydrogen-bond donors (Lipinski definition) is 0. The van der Waals surface area contributed by atoms with Crippen molar-refractivity contribution in [3.8, 4) is 22.3 Å². The van der Waals surface area contributed by atoms with Gasteiger partial charge in [-0.25, -0.2) is 25.3 Å². The molecule has 3 aromatic rings. The Labute approximate surface area is 258 Å². The molecule has 0 aromatic heterocycles. The normalized spacial score (nSPS) is 11.5. The fraction of sp³-hybridized carbons (Fsp3) is 0. The molecule has 0 aliphatic heterocycles. The van der Waals surface area contributed by atoms with Crippen LogP contribution in [0.2, 0.25) is 0 Å². The molecule has 3 aromatic carbocycles. The Balaban J connectivity index is 0.00000341. The summed E-state index contributed by atoms with van der Waals surface area (Å²) in [7, 11) is -17.1. The molecule has 0 aliphatic carbocycles. The zero-order valence-electron chi connectivity index (χ0n) is 17.7. The molecule has 9 nitrogen and oxygen atoms in total. The minimum atomic E-state index is -5.85. The van der Waals surface area contributed by atoms with Crippen molar-refractivity contribution in [1.29, 1.82) is 0 Å². The number of rotatable bonds is 5. The van der Waals surface area contributed by atoms with Crippen molar-refractivity contribution in [2.45, 2.75) is 14.7 Å². The molecule has 0 bridgehead atoms. The maximum Gasteiger partial charge on any atom is 1.00 e. The molecule has 0 radical (unpaired) electrons. The third-order valence-electron chi connectivity index (χ3n) is 4.15. The van der Waals surface area contributed by atoms with Crippen LogP contribution >= 0.6 is 0 Å². The molecular formula is C18H11Na3O9S3. The van der Waals surface area contributed by atoms with Crippen molar-refractivity contribution >= 4 is 30.4 Å². The molecule has 158 valence electrons. The van der Waals surface area contributed by atoms with E-state index in [1.54, 1.807) is 42.5 Å². The van der Waals surface area contributed by atoms with E-state index in [4.69, 9.17) is 0 Å². The van der Waals surface area contributed by atoms with Gasteiger partial charge in [0, 0.05) is 5.56 Å². The Morgan fingerprint density at radius 2 is 0.909 bits per heavy atom. The second-order valence-corrected chi connectivity index (χ2v) is 10.0. The summed E-state index contributed by atoms with van der Waals surface area (Å²) in [5, 5.41) is 0. The van der Waals surface area contributed by atoms with Crippen molar-refractivity contribution in [3.63, 3.8) is 0 Å². The first-order chi connectivity index (χ1) is 13.8. The third kappa shape index (κ3) is 7.68. The van der Waals surface area contributed by atoms with Gasteiger partial charge in [-0.2, -0.15) is 0 Å². The van der Waals surface area contributed by atoms with E-state index < -0.39 is 50.6 Å². The molecule has 0 amide bonds. The topological polar surface area (TPSA) is 172 Å². The monoisotopic (exact) mass is 536 g/mol. The number of benzene rings is 3. The predicted octanol–water partition coefficient (Wildman–Crippen LogP) is -7.26. The smallest absolute Gasteiger partial charge is 0.744 e. The van der Waals surface area contributed by atoms with Gasteiger partial charge in [0.1, 0.15) is 30.4 Å². The number of hydrogen-bond acceptors (Lipinski definition) is 9. The van der Waals surface area contributed by atoms with Gasteiger partial charge < -0.3 is 13.7 Å². The molecule has 0 atom stereocenters. The van der Waals surface area contributed by atoms with E-state index in [-0.39, 0.29) is 94.2 Å². The standard InChI is InChI=1S/C18H14O9S3.3Na/c19-28(20,21)16-11-10-15(17(29(22,23)24)18(16)30(25,26)27)14-9-5-4-8-13(14)12-6-2-1-3-7-12;;;/h1-11H,(H,19,20,21)(H,22,23,24)(H,25,26,27);;;/q;3*+1/p-3. The Bertz CT molecular complexity index is 1460. The summed E-state index contributed by atoms with van der Waals surface area (Å²) in [5.74, 6) is 0. The van der Waals surface area contributed by atoms with Crippen LogP contribution in [0, 0.1) is 0 Å². The van der Waals surface area contributed by atoms with Crippen LogP contribution < -0.4 is 88.7 Å². The van der Waals surface area contributed by atoms with Gasteiger partial charge in [-0.15, -0.1) is 0 Å². The van der Waals surface area contributed by atoms with Gasteiger partial charge in [0.15, 0.2) is 0 Å². The predicted molar refractivity (Wildman–Crippen MR) is 101 cm³/mol. The molecule has 0 heterocycles. The molecule has 0 unspecified atom stereocenters. The van der Waals surface area contributed by atoms with Crippen LogP contribution in [0.25, 0.3) is 22.3 Å². The molecule has 0 N–H and O–H groups in total. The second kappa shape index (κ2) is 12.6. The molecule has 0 aliphatic rings. The van der Waals surface area contributed by atoms with Gasteiger partial charge in [-0.1, -0.05) is 60.7 Å². The van der Waals surface area contributed by atoms with Gasteiger partial charge in [-0.3, -0.25) is 0 Å². The van der Waals surface area contributed by atoms with Crippen molar-refractivity contribution in [3.05, 3.63) is 66.7 Å². The maximum atomic E-state index is 12.0. The van der Waals surface area contributed by atoms with Crippen molar-refractivity contribution in [2.24, 2.45) is 0 Å².